The van der Waals surface area contributed by atoms with Gasteiger partial charge in [0.05, 0.1) is 35.5 Å². The second-order valence-corrected chi connectivity index (χ2v) is 7.09. The molecule has 0 aliphatic rings. The first-order chi connectivity index (χ1) is 9.87. The molecule has 1 aromatic carbocycles. The summed E-state index contributed by atoms with van der Waals surface area (Å²) >= 11 is 0. The Hall–Kier alpha value is -1.44. The van der Waals surface area contributed by atoms with Crippen LogP contribution >= 0.6 is 0 Å². The number of benzene rings is 1. The molecule has 0 aliphatic carbocycles. The molecule has 2 rings (SSSR count). The van der Waals surface area contributed by atoms with E-state index in [9.17, 15) is 8.42 Å². The Morgan fingerprint density at radius 2 is 2.00 bits per heavy atom. The maximum absolute atomic E-state index is 12.0. The lowest BCUT2D eigenvalue weighted by Crippen LogP contribution is -2.31. The van der Waals surface area contributed by atoms with E-state index in [0.717, 1.165) is 11.0 Å². The Balaban J connectivity index is 2.01. The number of H-pyrrole nitrogens is 1. The van der Waals surface area contributed by atoms with Gasteiger partial charge in [-0.1, -0.05) is 12.1 Å². The second-order valence-electron chi connectivity index (χ2n) is 5.22. The van der Waals surface area contributed by atoms with Gasteiger partial charge in [0.2, 0.25) is 10.0 Å². The van der Waals surface area contributed by atoms with Gasteiger partial charge in [-0.15, -0.1) is 0 Å². The average molecular weight is 311 g/mol. The molecular weight excluding hydrogens is 290 g/mol. The van der Waals surface area contributed by atoms with E-state index in [1.54, 1.807) is 6.92 Å². The summed E-state index contributed by atoms with van der Waals surface area (Å²) in [5, 5.41) is 0. The van der Waals surface area contributed by atoms with Gasteiger partial charge >= 0.3 is 0 Å². The third-order valence-electron chi connectivity index (χ3n) is 2.98. The zero-order valence-electron chi connectivity index (χ0n) is 12.5. The van der Waals surface area contributed by atoms with Crippen molar-refractivity contribution in [2.24, 2.45) is 0 Å². The number of nitrogens with one attached hydrogen (secondary N) is 2. The number of aromatic amines is 1. The highest BCUT2D eigenvalue weighted by atomic mass is 32.2. The van der Waals surface area contributed by atoms with Crippen molar-refractivity contribution in [3.05, 3.63) is 30.1 Å². The van der Waals surface area contributed by atoms with Crippen LogP contribution in [0, 0.1) is 0 Å². The quantitative estimate of drug-likeness (QED) is 0.819. The van der Waals surface area contributed by atoms with Crippen molar-refractivity contribution in [1.82, 2.24) is 14.7 Å². The molecule has 0 saturated carbocycles. The minimum absolute atomic E-state index is 0.0213. The number of para-hydroxylation sites is 2. The number of hydrogen-bond donors (Lipinski definition) is 2. The van der Waals surface area contributed by atoms with E-state index < -0.39 is 16.1 Å². The minimum Gasteiger partial charge on any atom is -0.378 e. The highest BCUT2D eigenvalue weighted by molar-refractivity contribution is 7.89. The van der Waals surface area contributed by atoms with Crippen molar-refractivity contribution in [1.29, 1.82) is 0 Å². The normalized spacial score (nSPS) is 13.9. The van der Waals surface area contributed by atoms with E-state index in [4.69, 9.17) is 4.74 Å². The van der Waals surface area contributed by atoms with Gasteiger partial charge in [-0.3, -0.25) is 0 Å². The van der Waals surface area contributed by atoms with Crippen LogP contribution in [-0.2, 0) is 14.8 Å². The third-order valence-corrected chi connectivity index (χ3v) is 4.39. The fourth-order valence-corrected chi connectivity index (χ4v) is 3.04. The SMILES string of the molecule is CC(C)OCCS(=O)(=O)NC(C)c1nc2ccccc2[nH]1. The van der Waals surface area contributed by atoms with Crippen LogP contribution in [0.3, 0.4) is 0 Å². The molecule has 7 heteroatoms. The summed E-state index contributed by atoms with van der Waals surface area (Å²) in [6, 6.07) is 7.17. The molecule has 0 spiro atoms. The standard InChI is InChI=1S/C14H21N3O3S/c1-10(2)20-8-9-21(18,19)17-11(3)14-15-12-6-4-5-7-13(12)16-14/h4-7,10-11,17H,8-9H2,1-3H3,(H,15,16). The predicted molar refractivity (Wildman–Crippen MR) is 82.5 cm³/mol. The van der Waals surface area contributed by atoms with Crippen molar-refractivity contribution in [3.63, 3.8) is 0 Å². The van der Waals surface area contributed by atoms with Gasteiger partial charge in [0.1, 0.15) is 5.82 Å². The first-order valence-electron chi connectivity index (χ1n) is 6.93. The summed E-state index contributed by atoms with van der Waals surface area (Å²) in [7, 11) is -3.40. The van der Waals surface area contributed by atoms with Crippen LogP contribution in [0.15, 0.2) is 24.3 Å². The van der Waals surface area contributed by atoms with Crippen molar-refractivity contribution in [2.45, 2.75) is 32.9 Å². The summed E-state index contributed by atoms with van der Waals surface area (Å²) in [5.41, 5.74) is 1.71. The zero-order valence-corrected chi connectivity index (χ0v) is 13.3. The van der Waals surface area contributed by atoms with Gasteiger partial charge in [0.15, 0.2) is 0 Å². The molecule has 0 fully saturated rings. The Morgan fingerprint density at radius 3 is 2.67 bits per heavy atom. The predicted octanol–water partition coefficient (Wildman–Crippen LogP) is 1.97. The van der Waals surface area contributed by atoms with E-state index in [2.05, 4.69) is 14.7 Å². The number of nitrogens with zero attached hydrogens (tertiary/aromatic N) is 1. The van der Waals surface area contributed by atoms with Crippen molar-refractivity contribution < 1.29 is 13.2 Å². The number of fused-ring (bicyclic) bond motifs is 1. The highest BCUT2D eigenvalue weighted by Crippen LogP contribution is 2.16. The van der Waals surface area contributed by atoms with Crippen molar-refractivity contribution >= 4 is 21.1 Å². The molecule has 6 nitrogen and oxygen atoms in total. The summed E-state index contributed by atoms with van der Waals surface area (Å²) in [6.45, 7) is 5.69. The summed E-state index contributed by atoms with van der Waals surface area (Å²) in [4.78, 5) is 7.51. The number of ether oxygens (including phenoxy) is 1. The van der Waals surface area contributed by atoms with Crippen LogP contribution in [0.2, 0.25) is 0 Å². The Labute approximate surface area is 125 Å². The molecule has 0 amide bonds. The number of hydrogen-bond acceptors (Lipinski definition) is 4. The second kappa shape index (κ2) is 6.55. The molecule has 1 heterocycles. The van der Waals surface area contributed by atoms with Gasteiger partial charge in [-0.05, 0) is 32.9 Å². The lowest BCUT2D eigenvalue weighted by molar-refractivity contribution is 0.0911. The zero-order chi connectivity index (χ0) is 15.5. The van der Waals surface area contributed by atoms with E-state index in [1.165, 1.54) is 0 Å². The summed E-state index contributed by atoms with van der Waals surface area (Å²) in [5.74, 6) is 0.542. The molecule has 116 valence electrons. The lowest BCUT2D eigenvalue weighted by atomic mass is 10.3. The minimum atomic E-state index is -3.40. The lowest BCUT2D eigenvalue weighted by Gasteiger charge is -2.13. The molecule has 1 unspecified atom stereocenters. The van der Waals surface area contributed by atoms with Crippen LogP contribution in [-0.4, -0.2) is 36.8 Å². The van der Waals surface area contributed by atoms with E-state index in [0.29, 0.717) is 5.82 Å². The number of imidazole rings is 1. The molecule has 0 radical (unpaired) electrons. The van der Waals surface area contributed by atoms with Crippen molar-refractivity contribution in [2.75, 3.05) is 12.4 Å². The fourth-order valence-electron chi connectivity index (χ4n) is 1.96. The maximum atomic E-state index is 12.0. The van der Waals surface area contributed by atoms with Gasteiger partial charge < -0.3 is 9.72 Å². The van der Waals surface area contributed by atoms with Crippen LogP contribution in [0.25, 0.3) is 11.0 Å². The molecule has 1 atom stereocenters. The Bertz CT molecular complexity index is 661. The van der Waals surface area contributed by atoms with E-state index in [-0.39, 0.29) is 18.5 Å². The Kier molecular flexibility index (Phi) is 4.97. The topological polar surface area (TPSA) is 84.1 Å². The van der Waals surface area contributed by atoms with Gasteiger partial charge in [0, 0.05) is 0 Å². The van der Waals surface area contributed by atoms with Crippen molar-refractivity contribution in [3.8, 4) is 0 Å². The monoisotopic (exact) mass is 311 g/mol. The summed E-state index contributed by atoms with van der Waals surface area (Å²) in [6.07, 6.45) is 0.0213. The first-order valence-corrected chi connectivity index (χ1v) is 8.59. The fraction of sp³-hybridized carbons (Fsp3) is 0.500. The highest BCUT2D eigenvalue weighted by Gasteiger charge is 2.18. The molecule has 2 aromatic rings. The number of rotatable bonds is 7. The average Bonchev–Trinajstić information content (AvgIpc) is 2.81. The van der Waals surface area contributed by atoms with Crippen LogP contribution < -0.4 is 4.72 Å². The van der Waals surface area contributed by atoms with Gasteiger partial charge in [-0.2, -0.15) is 0 Å². The smallest absolute Gasteiger partial charge is 0.214 e. The molecule has 21 heavy (non-hydrogen) atoms. The molecule has 2 N–H and O–H groups in total. The first kappa shape index (κ1) is 15.9. The molecule has 0 aliphatic heterocycles. The summed E-state index contributed by atoms with van der Waals surface area (Å²) < 4.78 is 31.8. The van der Waals surface area contributed by atoms with Crippen LogP contribution in [0.4, 0.5) is 0 Å². The molecular formula is C14H21N3O3S. The molecule has 0 bridgehead atoms. The van der Waals surface area contributed by atoms with Gasteiger partial charge in [-0.25, -0.2) is 18.1 Å². The molecule has 0 saturated heterocycles. The van der Waals surface area contributed by atoms with Gasteiger partial charge in [0.25, 0.3) is 0 Å². The largest absolute Gasteiger partial charge is 0.378 e. The maximum Gasteiger partial charge on any atom is 0.214 e. The third kappa shape index (κ3) is 4.52. The number of aromatic nitrogens is 2. The van der Waals surface area contributed by atoms with E-state index >= 15 is 0 Å². The van der Waals surface area contributed by atoms with Crippen LogP contribution in [0.5, 0.6) is 0 Å². The number of sulfonamides is 1. The Morgan fingerprint density at radius 1 is 1.29 bits per heavy atom. The van der Waals surface area contributed by atoms with Crippen LogP contribution in [0.1, 0.15) is 32.6 Å². The van der Waals surface area contributed by atoms with E-state index in [1.807, 2.05) is 38.1 Å². The molecule has 1 aromatic heterocycles.